The van der Waals surface area contributed by atoms with E-state index in [-0.39, 0.29) is 5.57 Å². The zero-order valence-electron chi connectivity index (χ0n) is 5.60. The summed E-state index contributed by atoms with van der Waals surface area (Å²) in [6.07, 6.45) is -5.63. The van der Waals surface area contributed by atoms with E-state index in [0.29, 0.717) is 0 Å². The molecule has 5 heteroatoms. The molecule has 0 atom stereocenters. The molecule has 11 heavy (non-hydrogen) atoms. The Morgan fingerprint density at radius 3 is 1.82 bits per heavy atom. The van der Waals surface area contributed by atoms with Crippen LogP contribution in [0.4, 0.5) is 22.0 Å². The SMILES string of the molecule is CC1=C(C(F)(F)F)C(F)(F)C1. The topological polar surface area (TPSA) is 0 Å². The Hall–Kier alpha value is -0.610. The maximum absolute atomic E-state index is 12.2. The molecular weight excluding hydrogens is 167 g/mol. The minimum Gasteiger partial charge on any atom is -0.201 e. The molecule has 1 rings (SSSR count). The Bertz CT molecular complexity index is 210. The van der Waals surface area contributed by atoms with Gasteiger partial charge in [-0.05, 0) is 6.92 Å². The third-order valence-electron chi connectivity index (χ3n) is 1.56. The van der Waals surface area contributed by atoms with Crippen LogP contribution in [0.15, 0.2) is 11.1 Å². The largest absolute Gasteiger partial charge is 0.418 e. The molecule has 0 aromatic rings. The van der Waals surface area contributed by atoms with Gasteiger partial charge in [-0.15, -0.1) is 0 Å². The van der Waals surface area contributed by atoms with Crippen molar-refractivity contribution in [2.24, 2.45) is 0 Å². The summed E-state index contributed by atoms with van der Waals surface area (Å²) in [5.41, 5.74) is -1.92. The van der Waals surface area contributed by atoms with Gasteiger partial charge in [0.25, 0.3) is 5.92 Å². The molecule has 0 aromatic heterocycles. The van der Waals surface area contributed by atoms with E-state index in [0.717, 1.165) is 6.92 Å². The molecular formula is C6H5F5. The number of halogens is 5. The van der Waals surface area contributed by atoms with Gasteiger partial charge in [0.15, 0.2) is 0 Å². The average Bonchev–Trinajstić information content (AvgIpc) is 1.54. The minimum absolute atomic E-state index is 0.262. The average molecular weight is 172 g/mol. The summed E-state index contributed by atoms with van der Waals surface area (Å²) in [4.78, 5) is 0. The van der Waals surface area contributed by atoms with Crippen LogP contribution in [-0.2, 0) is 0 Å². The van der Waals surface area contributed by atoms with Crippen molar-refractivity contribution in [2.75, 3.05) is 0 Å². The number of allylic oxidation sites excluding steroid dienone is 2. The van der Waals surface area contributed by atoms with Crippen molar-refractivity contribution in [1.29, 1.82) is 0 Å². The lowest BCUT2D eigenvalue weighted by molar-refractivity contribution is -0.142. The molecule has 0 unspecified atom stereocenters. The Morgan fingerprint density at radius 1 is 1.27 bits per heavy atom. The van der Waals surface area contributed by atoms with E-state index in [2.05, 4.69) is 0 Å². The summed E-state index contributed by atoms with van der Waals surface area (Å²) in [7, 11) is 0. The molecule has 0 fully saturated rings. The van der Waals surface area contributed by atoms with E-state index in [4.69, 9.17) is 0 Å². The van der Waals surface area contributed by atoms with Crippen LogP contribution in [0, 0.1) is 0 Å². The fraction of sp³-hybridized carbons (Fsp3) is 0.667. The van der Waals surface area contributed by atoms with Crippen LogP contribution >= 0.6 is 0 Å². The van der Waals surface area contributed by atoms with E-state index in [1.165, 1.54) is 0 Å². The van der Waals surface area contributed by atoms with E-state index >= 15 is 0 Å². The highest BCUT2D eigenvalue weighted by Crippen LogP contribution is 2.50. The van der Waals surface area contributed by atoms with Crippen molar-refractivity contribution in [2.45, 2.75) is 25.4 Å². The van der Waals surface area contributed by atoms with E-state index in [1.54, 1.807) is 0 Å². The molecule has 0 spiro atoms. The summed E-state index contributed by atoms with van der Waals surface area (Å²) < 4.78 is 59.5. The summed E-state index contributed by atoms with van der Waals surface area (Å²) in [5, 5.41) is 0. The quantitative estimate of drug-likeness (QED) is 0.389. The van der Waals surface area contributed by atoms with Crippen LogP contribution in [-0.4, -0.2) is 12.1 Å². The normalized spacial score (nSPS) is 23.5. The Morgan fingerprint density at radius 2 is 1.73 bits per heavy atom. The minimum atomic E-state index is -4.87. The Kier molecular flexibility index (Phi) is 1.51. The van der Waals surface area contributed by atoms with Crippen molar-refractivity contribution >= 4 is 0 Å². The number of rotatable bonds is 0. The lowest BCUT2D eigenvalue weighted by Crippen LogP contribution is -2.39. The molecule has 0 aromatic carbocycles. The molecule has 0 radical (unpaired) electrons. The third kappa shape index (κ3) is 1.23. The first-order chi connectivity index (χ1) is 4.75. The van der Waals surface area contributed by atoms with Crippen LogP contribution in [0.2, 0.25) is 0 Å². The van der Waals surface area contributed by atoms with Crippen LogP contribution in [0.3, 0.4) is 0 Å². The molecule has 0 bridgehead atoms. The number of hydrogen-bond acceptors (Lipinski definition) is 0. The van der Waals surface area contributed by atoms with Gasteiger partial charge in [0.2, 0.25) is 0 Å². The maximum Gasteiger partial charge on any atom is 0.418 e. The third-order valence-corrected chi connectivity index (χ3v) is 1.56. The van der Waals surface area contributed by atoms with Crippen LogP contribution in [0.25, 0.3) is 0 Å². The molecule has 0 saturated heterocycles. The fourth-order valence-electron chi connectivity index (χ4n) is 1.16. The number of hydrogen-bond donors (Lipinski definition) is 0. The van der Waals surface area contributed by atoms with Crippen molar-refractivity contribution in [3.8, 4) is 0 Å². The number of alkyl halides is 5. The highest BCUT2D eigenvalue weighted by molar-refractivity contribution is 5.36. The maximum atomic E-state index is 12.2. The molecule has 0 nitrogen and oxygen atoms in total. The van der Waals surface area contributed by atoms with Gasteiger partial charge in [0.1, 0.15) is 5.57 Å². The fourth-order valence-corrected chi connectivity index (χ4v) is 1.16. The monoisotopic (exact) mass is 172 g/mol. The second-order valence-corrected chi connectivity index (χ2v) is 2.53. The molecule has 1 aliphatic rings. The van der Waals surface area contributed by atoms with Crippen molar-refractivity contribution in [1.82, 2.24) is 0 Å². The van der Waals surface area contributed by atoms with Crippen molar-refractivity contribution < 1.29 is 22.0 Å². The summed E-state index contributed by atoms with van der Waals surface area (Å²) in [5.74, 6) is -3.65. The summed E-state index contributed by atoms with van der Waals surface area (Å²) in [6, 6.07) is 0. The first-order valence-corrected chi connectivity index (χ1v) is 2.90. The van der Waals surface area contributed by atoms with Gasteiger partial charge in [0.05, 0.1) is 0 Å². The standard InChI is InChI=1S/C6H5F5/c1-3-2-5(7,8)4(3)6(9,10)11/h2H2,1H3. The van der Waals surface area contributed by atoms with E-state index in [1.807, 2.05) is 0 Å². The van der Waals surface area contributed by atoms with Gasteiger partial charge in [-0.2, -0.15) is 13.2 Å². The lowest BCUT2D eigenvalue weighted by Gasteiger charge is -2.32. The first-order valence-electron chi connectivity index (χ1n) is 2.90. The molecule has 0 saturated carbocycles. The predicted molar refractivity (Wildman–Crippen MR) is 28.3 cm³/mol. The molecule has 0 amide bonds. The van der Waals surface area contributed by atoms with Gasteiger partial charge in [-0.3, -0.25) is 0 Å². The van der Waals surface area contributed by atoms with Gasteiger partial charge < -0.3 is 0 Å². The van der Waals surface area contributed by atoms with E-state index in [9.17, 15) is 22.0 Å². The van der Waals surface area contributed by atoms with Gasteiger partial charge >= 0.3 is 6.18 Å². The summed E-state index contributed by atoms with van der Waals surface area (Å²) in [6.45, 7) is 1.07. The van der Waals surface area contributed by atoms with Crippen LogP contribution < -0.4 is 0 Å². The Labute approximate surface area is 59.7 Å². The van der Waals surface area contributed by atoms with Crippen molar-refractivity contribution in [3.05, 3.63) is 11.1 Å². The van der Waals surface area contributed by atoms with E-state index < -0.39 is 24.1 Å². The first kappa shape index (κ1) is 8.49. The molecule has 64 valence electrons. The molecule has 0 N–H and O–H groups in total. The smallest absolute Gasteiger partial charge is 0.201 e. The molecule has 0 aliphatic heterocycles. The van der Waals surface area contributed by atoms with Gasteiger partial charge in [0, 0.05) is 6.42 Å². The zero-order valence-corrected chi connectivity index (χ0v) is 5.60. The zero-order chi connectivity index (χ0) is 8.86. The predicted octanol–water partition coefficient (Wildman–Crippen LogP) is 2.90. The van der Waals surface area contributed by atoms with Gasteiger partial charge in [-0.25, -0.2) is 8.78 Å². The Balaban J connectivity index is 2.97. The summed E-state index contributed by atoms with van der Waals surface area (Å²) >= 11 is 0. The second kappa shape index (κ2) is 1.95. The highest BCUT2D eigenvalue weighted by atomic mass is 19.4. The second-order valence-electron chi connectivity index (χ2n) is 2.53. The molecule has 0 heterocycles. The molecule has 1 aliphatic carbocycles. The van der Waals surface area contributed by atoms with Crippen LogP contribution in [0.5, 0.6) is 0 Å². The highest BCUT2D eigenvalue weighted by Gasteiger charge is 2.57. The lowest BCUT2D eigenvalue weighted by atomic mass is 9.85. The van der Waals surface area contributed by atoms with Crippen molar-refractivity contribution in [3.63, 3.8) is 0 Å². The van der Waals surface area contributed by atoms with Gasteiger partial charge in [-0.1, -0.05) is 5.57 Å². The van der Waals surface area contributed by atoms with Crippen LogP contribution in [0.1, 0.15) is 13.3 Å².